The summed E-state index contributed by atoms with van der Waals surface area (Å²) in [7, 11) is 0. The second-order valence-electron chi connectivity index (χ2n) is 4.86. The van der Waals surface area contributed by atoms with E-state index in [2.05, 4.69) is 0 Å². The third-order valence-corrected chi connectivity index (χ3v) is 2.55. The van der Waals surface area contributed by atoms with Crippen molar-refractivity contribution in [3.63, 3.8) is 0 Å². The number of hydrogen-bond acceptors (Lipinski definition) is 4. The van der Waals surface area contributed by atoms with Crippen molar-refractivity contribution in [1.82, 2.24) is 0 Å². The van der Waals surface area contributed by atoms with Crippen molar-refractivity contribution in [1.29, 1.82) is 0 Å². The van der Waals surface area contributed by atoms with Crippen molar-refractivity contribution in [2.75, 3.05) is 13.2 Å². The number of rotatable bonds is 0. The highest BCUT2D eigenvalue weighted by molar-refractivity contribution is 6.03. The molecular weight excluding hydrogens is 220 g/mol. The first kappa shape index (κ1) is 11.6. The van der Waals surface area contributed by atoms with Crippen LogP contribution in [0.3, 0.4) is 0 Å². The second-order valence-corrected chi connectivity index (χ2v) is 4.86. The molecule has 17 heavy (non-hydrogen) atoms. The van der Waals surface area contributed by atoms with E-state index in [9.17, 15) is 9.59 Å². The highest BCUT2D eigenvalue weighted by atomic mass is 16.6. The summed E-state index contributed by atoms with van der Waals surface area (Å²) >= 11 is 0. The van der Waals surface area contributed by atoms with E-state index in [0.29, 0.717) is 0 Å². The van der Waals surface area contributed by atoms with Gasteiger partial charge in [-0.05, 0) is 12.1 Å². The first-order valence-corrected chi connectivity index (χ1v) is 5.43. The predicted octanol–water partition coefficient (Wildman–Crippen LogP) is 2.04. The molecule has 4 nitrogen and oxygen atoms in total. The molecule has 0 saturated carbocycles. The minimum Gasteiger partial charge on any atom is -0.461 e. The van der Waals surface area contributed by atoms with Crippen molar-refractivity contribution >= 4 is 11.9 Å². The van der Waals surface area contributed by atoms with Crippen LogP contribution in [0.25, 0.3) is 0 Å². The fraction of sp³-hybridized carbons (Fsp3) is 0.385. The lowest BCUT2D eigenvalue weighted by Crippen LogP contribution is -2.26. The van der Waals surface area contributed by atoms with Crippen molar-refractivity contribution in [2.24, 2.45) is 5.41 Å². The zero-order valence-electron chi connectivity index (χ0n) is 9.86. The SMILES string of the molecule is CC1(C)COC(=O)c2ccccc2C(=O)OC1. The zero-order chi connectivity index (χ0) is 12.5. The Hall–Kier alpha value is -1.84. The molecule has 2 rings (SSSR count). The van der Waals surface area contributed by atoms with Crippen molar-refractivity contribution < 1.29 is 19.1 Å². The maximum absolute atomic E-state index is 11.8. The molecule has 0 N–H and O–H groups in total. The van der Waals surface area contributed by atoms with Gasteiger partial charge in [0.1, 0.15) is 0 Å². The van der Waals surface area contributed by atoms with Crippen LogP contribution in [0, 0.1) is 5.41 Å². The molecule has 1 aliphatic heterocycles. The molecule has 90 valence electrons. The monoisotopic (exact) mass is 234 g/mol. The lowest BCUT2D eigenvalue weighted by Gasteiger charge is -2.22. The summed E-state index contributed by atoms with van der Waals surface area (Å²) in [4.78, 5) is 23.6. The van der Waals surface area contributed by atoms with Crippen LogP contribution in [0.5, 0.6) is 0 Å². The van der Waals surface area contributed by atoms with Crippen LogP contribution >= 0.6 is 0 Å². The van der Waals surface area contributed by atoms with Gasteiger partial charge in [-0.25, -0.2) is 9.59 Å². The van der Waals surface area contributed by atoms with E-state index in [1.165, 1.54) is 0 Å². The molecule has 4 heteroatoms. The Bertz CT molecular complexity index is 421. The van der Waals surface area contributed by atoms with Gasteiger partial charge >= 0.3 is 11.9 Å². The maximum Gasteiger partial charge on any atom is 0.339 e. The van der Waals surface area contributed by atoms with Crippen LogP contribution in [0.2, 0.25) is 0 Å². The van der Waals surface area contributed by atoms with E-state index in [1.807, 2.05) is 13.8 Å². The Balaban J connectivity index is 2.40. The number of hydrogen-bond donors (Lipinski definition) is 0. The molecule has 1 aromatic carbocycles. The van der Waals surface area contributed by atoms with Crippen LogP contribution in [-0.4, -0.2) is 25.2 Å². The summed E-state index contributed by atoms with van der Waals surface area (Å²) in [6.07, 6.45) is 0. The van der Waals surface area contributed by atoms with Crippen molar-refractivity contribution in [3.8, 4) is 0 Å². The quantitative estimate of drug-likeness (QED) is 0.644. The molecule has 1 aliphatic rings. The number of fused-ring (bicyclic) bond motifs is 1. The van der Waals surface area contributed by atoms with Crippen LogP contribution in [-0.2, 0) is 9.47 Å². The van der Waals surface area contributed by atoms with E-state index in [0.717, 1.165) is 0 Å². The third-order valence-electron chi connectivity index (χ3n) is 2.55. The van der Waals surface area contributed by atoms with Gasteiger partial charge in [0.05, 0.1) is 24.3 Å². The molecule has 0 atom stereocenters. The second kappa shape index (κ2) is 4.20. The molecular formula is C13H14O4. The lowest BCUT2D eigenvalue weighted by atomic mass is 9.96. The van der Waals surface area contributed by atoms with E-state index >= 15 is 0 Å². The van der Waals surface area contributed by atoms with Crippen molar-refractivity contribution in [2.45, 2.75) is 13.8 Å². The summed E-state index contributed by atoms with van der Waals surface area (Å²) < 4.78 is 10.4. The number of carbonyl (C=O) groups is 2. The van der Waals surface area contributed by atoms with Crippen LogP contribution < -0.4 is 0 Å². The normalized spacial score (nSPS) is 19.2. The summed E-state index contributed by atoms with van der Waals surface area (Å²) in [5, 5.41) is 0. The smallest absolute Gasteiger partial charge is 0.339 e. The topological polar surface area (TPSA) is 52.6 Å². The Kier molecular flexibility index (Phi) is 2.88. The first-order chi connectivity index (χ1) is 7.99. The van der Waals surface area contributed by atoms with Gasteiger partial charge in [0, 0.05) is 5.41 Å². The first-order valence-electron chi connectivity index (χ1n) is 5.43. The molecule has 0 unspecified atom stereocenters. The molecule has 1 heterocycles. The summed E-state index contributed by atoms with van der Waals surface area (Å²) in [5.74, 6) is -0.958. The van der Waals surface area contributed by atoms with E-state index in [-0.39, 0.29) is 29.8 Å². The van der Waals surface area contributed by atoms with Crippen molar-refractivity contribution in [3.05, 3.63) is 35.4 Å². The highest BCUT2D eigenvalue weighted by Crippen LogP contribution is 2.21. The van der Waals surface area contributed by atoms with Gasteiger partial charge < -0.3 is 9.47 Å². The summed E-state index contributed by atoms with van der Waals surface area (Å²) in [6.45, 7) is 4.22. The van der Waals surface area contributed by atoms with Crippen LogP contribution in [0.15, 0.2) is 24.3 Å². The fourth-order valence-electron chi connectivity index (χ4n) is 1.56. The largest absolute Gasteiger partial charge is 0.461 e. The molecule has 1 aromatic rings. The molecule has 0 radical (unpaired) electrons. The van der Waals surface area contributed by atoms with E-state index < -0.39 is 11.9 Å². The molecule has 0 fully saturated rings. The number of benzene rings is 1. The number of cyclic esters (lactones) is 2. The number of ether oxygens (including phenoxy) is 2. The van der Waals surface area contributed by atoms with Gasteiger partial charge in [-0.15, -0.1) is 0 Å². The van der Waals surface area contributed by atoms with Crippen LogP contribution in [0.1, 0.15) is 34.6 Å². The van der Waals surface area contributed by atoms with Gasteiger partial charge in [-0.2, -0.15) is 0 Å². The average molecular weight is 234 g/mol. The minimum absolute atomic E-state index is 0.230. The highest BCUT2D eigenvalue weighted by Gasteiger charge is 2.28. The van der Waals surface area contributed by atoms with Crippen LogP contribution in [0.4, 0.5) is 0 Å². The van der Waals surface area contributed by atoms with Gasteiger partial charge in [-0.1, -0.05) is 26.0 Å². The number of carbonyl (C=O) groups excluding carboxylic acids is 2. The summed E-state index contributed by atoms with van der Waals surface area (Å²) in [5.41, 5.74) is 0.151. The standard InChI is InChI=1S/C13H14O4/c1-13(2)7-16-11(14)9-5-3-4-6-10(9)12(15)17-8-13/h3-6H,7-8H2,1-2H3. The predicted molar refractivity (Wildman–Crippen MR) is 60.8 cm³/mol. The zero-order valence-corrected chi connectivity index (χ0v) is 9.86. The number of esters is 2. The Morgan fingerprint density at radius 2 is 1.35 bits per heavy atom. The summed E-state index contributed by atoms with van der Waals surface area (Å²) in [6, 6.07) is 6.52. The Labute approximate surface area is 99.5 Å². The van der Waals surface area contributed by atoms with Gasteiger partial charge in [-0.3, -0.25) is 0 Å². The molecule has 0 spiro atoms. The average Bonchev–Trinajstić information content (AvgIpc) is 2.36. The van der Waals surface area contributed by atoms with Gasteiger partial charge in [0.15, 0.2) is 0 Å². The van der Waals surface area contributed by atoms with E-state index in [1.54, 1.807) is 24.3 Å². The molecule has 0 amide bonds. The van der Waals surface area contributed by atoms with Gasteiger partial charge in [0.2, 0.25) is 0 Å². The van der Waals surface area contributed by atoms with Gasteiger partial charge in [0.25, 0.3) is 0 Å². The fourth-order valence-corrected chi connectivity index (χ4v) is 1.56. The molecule has 0 aromatic heterocycles. The molecule has 0 aliphatic carbocycles. The molecule has 0 bridgehead atoms. The Morgan fingerprint density at radius 3 is 1.76 bits per heavy atom. The third kappa shape index (κ3) is 2.46. The van der Waals surface area contributed by atoms with E-state index in [4.69, 9.17) is 9.47 Å². The molecule has 0 saturated heterocycles. The maximum atomic E-state index is 11.8. The Morgan fingerprint density at radius 1 is 0.941 bits per heavy atom. The lowest BCUT2D eigenvalue weighted by molar-refractivity contribution is 0.00978. The minimum atomic E-state index is -0.479.